The first-order chi connectivity index (χ1) is 10.9. The van der Waals surface area contributed by atoms with Gasteiger partial charge in [0.2, 0.25) is 0 Å². The number of rotatable bonds is 6. The summed E-state index contributed by atoms with van der Waals surface area (Å²) in [6, 6.07) is 20.5. The van der Waals surface area contributed by atoms with Crippen LogP contribution in [0, 0.1) is 0 Å². The molecule has 3 rings (SSSR count). The molecule has 2 N–H and O–H groups in total. The van der Waals surface area contributed by atoms with Crippen molar-refractivity contribution in [1.82, 2.24) is 5.32 Å². The summed E-state index contributed by atoms with van der Waals surface area (Å²) < 4.78 is 8.95. The van der Waals surface area contributed by atoms with Crippen LogP contribution in [-0.4, -0.2) is 7.05 Å². The third-order valence-electron chi connectivity index (χ3n) is 3.29. The molecule has 0 radical (unpaired) electrons. The molecule has 3 nitrogen and oxygen atoms in total. The third-order valence-corrected chi connectivity index (χ3v) is 4.14. The first kappa shape index (κ1) is 14.8. The van der Waals surface area contributed by atoms with Crippen LogP contribution in [-0.2, 0) is 6.54 Å². The zero-order valence-electron chi connectivity index (χ0n) is 12.4. The van der Waals surface area contributed by atoms with E-state index in [-0.39, 0.29) is 0 Å². The Balaban J connectivity index is 1.82. The average Bonchev–Trinajstić information content (AvgIpc) is 3.09. The largest absolute Gasteiger partial charge is 0.464 e. The van der Waals surface area contributed by atoms with E-state index < -0.39 is 0 Å². The molecule has 1 aromatic heterocycles. The highest BCUT2D eigenvalue weighted by Crippen LogP contribution is 2.29. The highest BCUT2D eigenvalue weighted by molar-refractivity contribution is 8.00. The number of nitrogens with one attached hydrogen (secondary N) is 2. The van der Waals surface area contributed by atoms with E-state index in [1.165, 1.54) is 10.5 Å². The lowest BCUT2D eigenvalue weighted by atomic mass is 10.0. The van der Waals surface area contributed by atoms with E-state index in [0.29, 0.717) is 0 Å². The normalized spacial score (nSPS) is 10.6. The predicted octanol–water partition coefficient (Wildman–Crippen LogP) is 4.79. The molecule has 0 aliphatic carbocycles. The Bertz CT molecular complexity index is 711. The van der Waals surface area contributed by atoms with Gasteiger partial charge in [-0.2, -0.15) is 0 Å². The standard InChI is InChI=1S/C18H18N2OS/c1-19-13-14-9-10-15(12-17(14)18-8-5-11-21-18)20-22-16-6-3-2-4-7-16/h2-12,19-20H,13H2,1H3. The van der Waals surface area contributed by atoms with Crippen LogP contribution in [0.1, 0.15) is 5.56 Å². The van der Waals surface area contributed by atoms with Gasteiger partial charge in [-0.25, -0.2) is 0 Å². The SMILES string of the molecule is CNCc1ccc(NSc2ccccc2)cc1-c1ccco1. The fraction of sp³-hybridized carbons (Fsp3) is 0.111. The van der Waals surface area contributed by atoms with Crippen molar-refractivity contribution in [3.63, 3.8) is 0 Å². The Morgan fingerprint density at radius 1 is 1.00 bits per heavy atom. The topological polar surface area (TPSA) is 37.2 Å². The summed E-state index contributed by atoms with van der Waals surface area (Å²) in [7, 11) is 1.95. The zero-order valence-corrected chi connectivity index (χ0v) is 13.2. The third kappa shape index (κ3) is 3.53. The van der Waals surface area contributed by atoms with Crippen molar-refractivity contribution in [2.75, 3.05) is 11.8 Å². The van der Waals surface area contributed by atoms with Crippen LogP contribution in [0.5, 0.6) is 0 Å². The van der Waals surface area contributed by atoms with E-state index in [4.69, 9.17) is 4.42 Å². The zero-order chi connectivity index (χ0) is 15.2. The van der Waals surface area contributed by atoms with Gasteiger partial charge in [0.15, 0.2) is 0 Å². The molecule has 22 heavy (non-hydrogen) atoms. The first-order valence-electron chi connectivity index (χ1n) is 7.16. The van der Waals surface area contributed by atoms with Crippen LogP contribution in [0.4, 0.5) is 5.69 Å². The van der Waals surface area contributed by atoms with Gasteiger partial charge in [0.05, 0.1) is 6.26 Å². The highest BCUT2D eigenvalue weighted by atomic mass is 32.2. The van der Waals surface area contributed by atoms with E-state index in [9.17, 15) is 0 Å². The van der Waals surface area contributed by atoms with Crippen LogP contribution < -0.4 is 10.0 Å². The van der Waals surface area contributed by atoms with Crippen molar-refractivity contribution in [3.8, 4) is 11.3 Å². The summed E-state index contributed by atoms with van der Waals surface area (Å²) >= 11 is 1.60. The molecule has 0 amide bonds. The van der Waals surface area contributed by atoms with Gasteiger partial charge in [0, 0.05) is 22.7 Å². The second-order valence-electron chi connectivity index (χ2n) is 4.90. The second-order valence-corrected chi connectivity index (χ2v) is 5.78. The molecule has 1 heterocycles. The minimum atomic E-state index is 0.808. The summed E-state index contributed by atoms with van der Waals surface area (Å²) in [5.74, 6) is 0.888. The van der Waals surface area contributed by atoms with Gasteiger partial charge in [0.25, 0.3) is 0 Å². The minimum Gasteiger partial charge on any atom is -0.464 e. The van der Waals surface area contributed by atoms with E-state index in [1.807, 2.05) is 37.4 Å². The van der Waals surface area contributed by atoms with Crippen molar-refractivity contribution < 1.29 is 4.42 Å². The first-order valence-corrected chi connectivity index (χ1v) is 7.98. The number of hydrogen-bond acceptors (Lipinski definition) is 4. The molecular formula is C18H18N2OS. The fourth-order valence-electron chi connectivity index (χ4n) is 2.25. The van der Waals surface area contributed by atoms with Crippen molar-refractivity contribution in [3.05, 3.63) is 72.5 Å². The molecule has 0 saturated carbocycles. The maximum Gasteiger partial charge on any atom is 0.134 e. The van der Waals surface area contributed by atoms with Crippen LogP contribution in [0.25, 0.3) is 11.3 Å². The Labute approximate surface area is 134 Å². The second kappa shape index (κ2) is 7.20. The maximum absolute atomic E-state index is 5.56. The molecule has 4 heteroatoms. The average molecular weight is 310 g/mol. The molecule has 112 valence electrons. The lowest BCUT2D eigenvalue weighted by Crippen LogP contribution is -2.06. The van der Waals surface area contributed by atoms with Gasteiger partial charge in [-0.05, 0) is 61.0 Å². The summed E-state index contributed by atoms with van der Waals surface area (Å²) in [5, 5.41) is 3.20. The van der Waals surface area contributed by atoms with Gasteiger partial charge >= 0.3 is 0 Å². The highest BCUT2D eigenvalue weighted by Gasteiger charge is 2.08. The maximum atomic E-state index is 5.56. The molecule has 0 saturated heterocycles. The van der Waals surface area contributed by atoms with Crippen molar-refractivity contribution in [1.29, 1.82) is 0 Å². The van der Waals surface area contributed by atoms with E-state index in [2.05, 4.69) is 40.4 Å². The number of benzene rings is 2. The summed E-state index contributed by atoms with van der Waals surface area (Å²) in [6.45, 7) is 0.808. The van der Waals surface area contributed by atoms with Crippen LogP contribution in [0.3, 0.4) is 0 Å². The molecule has 0 bridgehead atoms. The Morgan fingerprint density at radius 2 is 1.86 bits per heavy atom. The molecule has 0 aliphatic heterocycles. The quantitative estimate of drug-likeness (QED) is 0.642. The van der Waals surface area contributed by atoms with Crippen LogP contribution in [0.2, 0.25) is 0 Å². The van der Waals surface area contributed by atoms with E-state index >= 15 is 0 Å². The van der Waals surface area contributed by atoms with Crippen LogP contribution in [0.15, 0.2) is 76.2 Å². The monoisotopic (exact) mass is 310 g/mol. The molecule has 3 aromatic rings. The van der Waals surface area contributed by atoms with Gasteiger partial charge in [-0.15, -0.1) is 0 Å². The van der Waals surface area contributed by atoms with Crippen molar-refractivity contribution >= 4 is 17.6 Å². The molecular weight excluding hydrogens is 292 g/mol. The molecule has 2 aromatic carbocycles. The molecule has 0 fully saturated rings. The smallest absolute Gasteiger partial charge is 0.134 e. The van der Waals surface area contributed by atoms with Gasteiger partial charge < -0.3 is 14.5 Å². The summed E-state index contributed by atoms with van der Waals surface area (Å²) in [4.78, 5) is 1.18. The molecule has 0 spiro atoms. The number of furan rings is 1. The van der Waals surface area contributed by atoms with E-state index in [1.54, 1.807) is 18.2 Å². The van der Waals surface area contributed by atoms with Crippen molar-refractivity contribution in [2.45, 2.75) is 11.4 Å². The summed E-state index contributed by atoms with van der Waals surface area (Å²) in [6.07, 6.45) is 1.71. The van der Waals surface area contributed by atoms with Gasteiger partial charge in [-0.1, -0.05) is 24.3 Å². The van der Waals surface area contributed by atoms with E-state index in [0.717, 1.165) is 23.6 Å². The lowest BCUT2D eigenvalue weighted by Gasteiger charge is -2.11. The number of anilines is 1. The van der Waals surface area contributed by atoms with Crippen LogP contribution >= 0.6 is 11.9 Å². The molecule has 0 unspecified atom stereocenters. The van der Waals surface area contributed by atoms with Gasteiger partial charge in [-0.3, -0.25) is 0 Å². The number of hydrogen-bond donors (Lipinski definition) is 2. The van der Waals surface area contributed by atoms with Crippen molar-refractivity contribution in [2.24, 2.45) is 0 Å². The minimum absolute atomic E-state index is 0.808. The molecule has 0 atom stereocenters. The summed E-state index contributed by atoms with van der Waals surface area (Å²) in [5.41, 5.74) is 3.38. The Hall–Kier alpha value is -2.17. The molecule has 0 aliphatic rings. The Morgan fingerprint density at radius 3 is 2.59 bits per heavy atom. The fourth-order valence-corrected chi connectivity index (χ4v) is 2.91. The Kier molecular flexibility index (Phi) is 4.83. The predicted molar refractivity (Wildman–Crippen MR) is 92.8 cm³/mol. The van der Waals surface area contributed by atoms with Gasteiger partial charge in [0.1, 0.15) is 5.76 Å². The lowest BCUT2D eigenvalue weighted by molar-refractivity contribution is 0.581.